The molecule has 7 nitrogen and oxygen atoms in total. The molecule has 2 aromatic carbocycles. The molecule has 2 amide bonds. The molecule has 1 saturated heterocycles. The van der Waals surface area contributed by atoms with Crippen LogP contribution in [0.2, 0.25) is 0 Å². The van der Waals surface area contributed by atoms with Gasteiger partial charge < -0.3 is 15.0 Å². The fourth-order valence-electron chi connectivity index (χ4n) is 3.99. The second kappa shape index (κ2) is 9.76. The number of carbonyl (C=O) groups excluding carboxylic acids is 2. The van der Waals surface area contributed by atoms with Gasteiger partial charge in [-0.25, -0.2) is 5.32 Å². The molecule has 2 aliphatic rings. The number of rotatable bonds is 8. The quantitative estimate of drug-likeness (QED) is 0.658. The van der Waals surface area contributed by atoms with Crippen LogP contribution in [0.4, 0.5) is 20.2 Å². The number of likely N-dealkylation sites (tertiary alicyclic amines) is 1. The molecule has 1 radical (unpaired) electrons. The molecule has 0 aromatic heterocycles. The Labute approximate surface area is 184 Å². The average Bonchev–Trinajstić information content (AvgIpc) is 3.43. The van der Waals surface area contributed by atoms with Gasteiger partial charge in [-0.1, -0.05) is 30.3 Å². The molecule has 167 valence electrons. The smallest absolute Gasteiger partial charge is 0.387 e. The third-order valence-electron chi connectivity index (χ3n) is 5.53. The van der Waals surface area contributed by atoms with Crippen molar-refractivity contribution in [3.63, 3.8) is 0 Å². The van der Waals surface area contributed by atoms with Crippen LogP contribution in [0.1, 0.15) is 31.2 Å². The highest BCUT2D eigenvalue weighted by atomic mass is 19.3. The number of nitrogens with zero attached hydrogens (tertiary/aromatic N) is 2. The number of fused-ring (bicyclic) bond motifs is 1. The molecule has 1 fully saturated rings. The second-order valence-corrected chi connectivity index (χ2v) is 7.65. The van der Waals surface area contributed by atoms with Gasteiger partial charge in [0.25, 0.3) is 5.84 Å². The Kier molecular flexibility index (Phi) is 6.63. The molecular formula is C23H24F2N4O3+. The molecule has 0 unspecified atom stereocenters. The highest BCUT2D eigenvalue weighted by molar-refractivity contribution is 6.04. The maximum Gasteiger partial charge on any atom is 0.387 e. The van der Waals surface area contributed by atoms with Crippen LogP contribution in [-0.2, 0) is 16.1 Å². The summed E-state index contributed by atoms with van der Waals surface area (Å²) >= 11 is 0. The summed E-state index contributed by atoms with van der Waals surface area (Å²) in [5, 5.41) is 5.96. The van der Waals surface area contributed by atoms with Gasteiger partial charge >= 0.3 is 6.61 Å². The fourth-order valence-corrected chi connectivity index (χ4v) is 3.99. The van der Waals surface area contributed by atoms with Gasteiger partial charge in [-0.2, -0.15) is 8.78 Å². The summed E-state index contributed by atoms with van der Waals surface area (Å²) in [4.78, 5) is 31.6. The Balaban J connectivity index is 1.30. The number of benzene rings is 2. The molecule has 0 bridgehead atoms. The van der Waals surface area contributed by atoms with Gasteiger partial charge in [0.05, 0.1) is 6.42 Å². The Morgan fingerprint density at radius 3 is 2.78 bits per heavy atom. The van der Waals surface area contributed by atoms with Crippen LogP contribution in [0.15, 0.2) is 48.5 Å². The maximum atomic E-state index is 12.8. The molecular weight excluding hydrogens is 418 g/mol. The van der Waals surface area contributed by atoms with Crippen molar-refractivity contribution in [2.75, 3.05) is 11.9 Å². The molecule has 0 spiro atoms. The van der Waals surface area contributed by atoms with E-state index in [4.69, 9.17) is 0 Å². The zero-order chi connectivity index (χ0) is 22.5. The van der Waals surface area contributed by atoms with Crippen molar-refractivity contribution >= 4 is 29.0 Å². The van der Waals surface area contributed by atoms with E-state index in [0.29, 0.717) is 24.9 Å². The monoisotopic (exact) mass is 442 g/mol. The SMILES string of the molecule is O=C(NCc1ccccc1OC(F)F)[C@@H]1CCCN1C(=O)CCC1=[N+]c2ccccc2N1. The lowest BCUT2D eigenvalue weighted by Crippen LogP contribution is -2.45. The van der Waals surface area contributed by atoms with Crippen LogP contribution in [-0.4, -0.2) is 41.7 Å². The number of amides is 2. The van der Waals surface area contributed by atoms with E-state index in [0.717, 1.165) is 23.6 Å². The Bertz CT molecular complexity index is 1030. The van der Waals surface area contributed by atoms with E-state index in [1.54, 1.807) is 23.1 Å². The van der Waals surface area contributed by atoms with Gasteiger partial charge in [-0.15, -0.1) is 0 Å². The van der Waals surface area contributed by atoms with Gasteiger partial charge in [0.1, 0.15) is 11.8 Å². The van der Waals surface area contributed by atoms with Gasteiger partial charge in [0, 0.05) is 25.1 Å². The van der Waals surface area contributed by atoms with Crippen LogP contribution in [0.5, 0.6) is 5.75 Å². The minimum Gasteiger partial charge on any atom is -0.434 e. The number of anilines is 1. The van der Waals surface area contributed by atoms with Crippen LogP contribution in [0, 0.1) is 0 Å². The van der Waals surface area contributed by atoms with E-state index in [2.05, 4.69) is 20.4 Å². The number of hydrogen-bond acceptors (Lipinski definition) is 5. The van der Waals surface area contributed by atoms with Crippen LogP contribution >= 0.6 is 0 Å². The summed E-state index contributed by atoms with van der Waals surface area (Å²) in [6, 6.07) is 13.4. The lowest BCUT2D eigenvalue weighted by atomic mass is 10.1. The summed E-state index contributed by atoms with van der Waals surface area (Å²) in [7, 11) is 0. The molecule has 32 heavy (non-hydrogen) atoms. The lowest BCUT2D eigenvalue weighted by Gasteiger charge is -2.24. The van der Waals surface area contributed by atoms with Gasteiger partial charge in [-0.3, -0.25) is 9.59 Å². The third-order valence-corrected chi connectivity index (χ3v) is 5.53. The van der Waals surface area contributed by atoms with Crippen LogP contribution in [0.25, 0.3) is 0 Å². The van der Waals surface area contributed by atoms with E-state index in [1.165, 1.54) is 6.07 Å². The van der Waals surface area contributed by atoms with Crippen molar-refractivity contribution in [3.8, 4) is 5.75 Å². The van der Waals surface area contributed by atoms with Crippen molar-refractivity contribution < 1.29 is 23.1 Å². The van der Waals surface area contributed by atoms with Crippen LogP contribution < -0.4 is 20.4 Å². The summed E-state index contributed by atoms with van der Waals surface area (Å²) in [5.41, 5.74) is 2.22. The fraction of sp³-hybridized carbons (Fsp3) is 0.348. The summed E-state index contributed by atoms with van der Waals surface area (Å²) in [6.45, 7) is -2.39. The molecule has 4 rings (SSSR count). The van der Waals surface area contributed by atoms with E-state index < -0.39 is 12.7 Å². The first-order valence-electron chi connectivity index (χ1n) is 10.5. The van der Waals surface area contributed by atoms with E-state index >= 15 is 0 Å². The van der Waals surface area contributed by atoms with Crippen molar-refractivity contribution in [1.29, 1.82) is 0 Å². The van der Waals surface area contributed by atoms with Gasteiger partial charge in [-0.05, 0) is 36.0 Å². The Morgan fingerprint density at radius 2 is 1.97 bits per heavy atom. The minimum atomic E-state index is -2.94. The van der Waals surface area contributed by atoms with Crippen molar-refractivity contribution in [2.24, 2.45) is 0 Å². The largest absolute Gasteiger partial charge is 0.434 e. The van der Waals surface area contributed by atoms with E-state index in [9.17, 15) is 18.4 Å². The number of hydrogen-bond donors (Lipinski definition) is 2. The highest BCUT2D eigenvalue weighted by Crippen LogP contribution is 2.25. The number of para-hydroxylation sites is 3. The zero-order valence-electron chi connectivity index (χ0n) is 17.4. The summed E-state index contributed by atoms with van der Waals surface area (Å²) < 4.78 is 29.7. The molecule has 2 N–H and O–H groups in total. The van der Waals surface area contributed by atoms with E-state index in [1.807, 2.05) is 24.3 Å². The van der Waals surface area contributed by atoms with Crippen LogP contribution in [0.3, 0.4) is 0 Å². The number of aliphatic imine (C=N–C) groups is 1. The predicted molar refractivity (Wildman–Crippen MR) is 116 cm³/mol. The number of nitrogens with one attached hydrogen (secondary N) is 2. The van der Waals surface area contributed by atoms with E-state index in [-0.39, 0.29) is 30.5 Å². The number of amidine groups is 1. The Morgan fingerprint density at radius 1 is 1.19 bits per heavy atom. The predicted octanol–water partition coefficient (Wildman–Crippen LogP) is 3.17. The van der Waals surface area contributed by atoms with Crippen molar-refractivity contribution in [2.45, 2.75) is 44.9 Å². The standard InChI is InChI=1S/C23H24F2N4O3/c24-23(25)32-19-10-4-1-6-15(19)14-26-22(31)18-9-5-13-29(18)21(30)12-11-20-27-16-7-2-3-8-17(16)28-20/h1-4,6-8,10,18,23,27H,5,9,11-14H2,(H,26,31)/q+1/t18-/m0/s1. The third kappa shape index (κ3) is 5.04. The van der Waals surface area contributed by atoms with Crippen molar-refractivity contribution in [1.82, 2.24) is 15.2 Å². The molecule has 2 heterocycles. The molecule has 9 heteroatoms. The van der Waals surface area contributed by atoms with Gasteiger partial charge in [0.2, 0.25) is 17.5 Å². The molecule has 2 aliphatic heterocycles. The number of ether oxygens (including phenoxy) is 1. The molecule has 1 atom stereocenters. The Hall–Kier alpha value is -3.49. The summed E-state index contributed by atoms with van der Waals surface area (Å²) in [6.07, 6.45) is 2.00. The number of carbonyl (C=O) groups is 2. The number of alkyl halides is 2. The molecule has 0 aliphatic carbocycles. The highest BCUT2D eigenvalue weighted by Gasteiger charge is 2.34. The van der Waals surface area contributed by atoms with Crippen molar-refractivity contribution in [3.05, 3.63) is 54.1 Å². The van der Waals surface area contributed by atoms with Gasteiger partial charge in [0.15, 0.2) is 5.69 Å². The zero-order valence-corrected chi connectivity index (χ0v) is 17.4. The number of halogens is 2. The topological polar surface area (TPSA) is 84.8 Å². The second-order valence-electron chi connectivity index (χ2n) is 7.65. The molecule has 2 aromatic rings. The normalized spacial score (nSPS) is 17.0. The summed E-state index contributed by atoms with van der Waals surface area (Å²) in [5.74, 6) is 0.347. The lowest BCUT2D eigenvalue weighted by molar-refractivity contribution is -0.138. The first-order chi connectivity index (χ1) is 15.5. The first kappa shape index (κ1) is 21.7. The first-order valence-corrected chi connectivity index (χ1v) is 10.5. The maximum absolute atomic E-state index is 12.8. The average molecular weight is 442 g/mol. The minimum absolute atomic E-state index is 0.0213. The molecule has 0 saturated carbocycles.